The highest BCUT2D eigenvalue weighted by molar-refractivity contribution is 5.92. The zero-order valence-electron chi connectivity index (χ0n) is 16.2. The Bertz CT molecular complexity index is 699. The number of esters is 1. The first-order chi connectivity index (χ1) is 12.3. The Kier molecular flexibility index (Phi) is 3.39. The van der Waals surface area contributed by atoms with Gasteiger partial charge < -0.3 is 19.3 Å². The molecule has 3 heterocycles. The third-order valence-electron chi connectivity index (χ3n) is 8.50. The molecule has 26 heavy (non-hydrogen) atoms. The number of fused-ring (bicyclic) bond motifs is 5. The summed E-state index contributed by atoms with van der Waals surface area (Å²) in [7, 11) is 0. The van der Waals surface area contributed by atoms with E-state index in [0.717, 1.165) is 31.3 Å². The van der Waals surface area contributed by atoms with Gasteiger partial charge in [0.15, 0.2) is 0 Å². The summed E-state index contributed by atoms with van der Waals surface area (Å²) in [4.78, 5) is 12.1. The van der Waals surface area contributed by atoms with E-state index in [2.05, 4.69) is 27.7 Å². The topological polar surface area (TPSA) is 71.6 Å². The monoisotopic (exact) mass is 362 g/mol. The van der Waals surface area contributed by atoms with E-state index >= 15 is 0 Å². The number of carbonyl (C=O) groups is 1. The van der Waals surface area contributed by atoms with Gasteiger partial charge in [-0.25, -0.2) is 4.79 Å². The van der Waals surface area contributed by atoms with Gasteiger partial charge in [-0.05, 0) is 49.0 Å². The summed E-state index contributed by atoms with van der Waals surface area (Å²) in [5, 5.41) is 10.3. The van der Waals surface area contributed by atoms with Crippen molar-refractivity contribution in [3.8, 4) is 0 Å². The highest BCUT2D eigenvalue weighted by Crippen LogP contribution is 2.76. The largest absolute Gasteiger partial charge is 0.458 e. The van der Waals surface area contributed by atoms with Gasteiger partial charge in [0.2, 0.25) is 0 Å². The molecule has 5 rings (SSSR count). The molecule has 1 N–H and O–H groups in total. The van der Waals surface area contributed by atoms with Gasteiger partial charge in [0.1, 0.15) is 17.8 Å². The van der Waals surface area contributed by atoms with Crippen LogP contribution in [0.3, 0.4) is 0 Å². The number of aliphatic hydroxyl groups excluding tert-OH is 1. The molecule has 0 aromatic heterocycles. The average molecular weight is 362 g/mol. The minimum atomic E-state index is -0.541. The molecular formula is C21H30O5. The number of hydrogen-bond acceptors (Lipinski definition) is 5. The first kappa shape index (κ1) is 17.2. The standard InChI is InChI=1S/C21H30O5/c1-11(2)12(3)7-17-21(26-17)19(4)6-5-13-14(9-24-18(13)23)15(19)8-16-20(21,10-22)25-16/h11-12,15-17,22H,5-10H2,1-4H3. The Hall–Kier alpha value is -0.910. The lowest BCUT2D eigenvalue weighted by molar-refractivity contribution is -0.136. The van der Waals surface area contributed by atoms with Gasteiger partial charge >= 0.3 is 5.97 Å². The van der Waals surface area contributed by atoms with E-state index in [-0.39, 0.29) is 36.1 Å². The molecule has 7 unspecified atom stereocenters. The molecule has 0 radical (unpaired) electrons. The second-order valence-corrected chi connectivity index (χ2v) is 9.74. The van der Waals surface area contributed by atoms with Gasteiger partial charge in [-0.15, -0.1) is 0 Å². The number of cyclic esters (lactones) is 1. The predicted octanol–water partition coefficient (Wildman–Crippen LogP) is 2.61. The van der Waals surface area contributed by atoms with Crippen LogP contribution in [-0.4, -0.2) is 47.7 Å². The molecule has 3 aliphatic heterocycles. The molecule has 144 valence electrons. The van der Waals surface area contributed by atoms with E-state index in [9.17, 15) is 9.90 Å². The molecule has 3 fully saturated rings. The van der Waals surface area contributed by atoms with Crippen molar-refractivity contribution in [3.05, 3.63) is 11.1 Å². The molecule has 2 aliphatic carbocycles. The highest BCUT2D eigenvalue weighted by atomic mass is 16.7. The summed E-state index contributed by atoms with van der Waals surface area (Å²) >= 11 is 0. The van der Waals surface area contributed by atoms with Crippen LogP contribution in [0.1, 0.15) is 53.4 Å². The Labute approximate surface area is 155 Å². The van der Waals surface area contributed by atoms with Crippen LogP contribution in [0, 0.1) is 23.2 Å². The minimum absolute atomic E-state index is 0.0217. The van der Waals surface area contributed by atoms with E-state index in [1.807, 2.05) is 0 Å². The van der Waals surface area contributed by atoms with Gasteiger partial charge in [0.25, 0.3) is 0 Å². The molecule has 2 saturated heterocycles. The van der Waals surface area contributed by atoms with Crippen LogP contribution >= 0.6 is 0 Å². The van der Waals surface area contributed by atoms with Crippen molar-refractivity contribution in [3.63, 3.8) is 0 Å². The molecule has 1 saturated carbocycles. The highest BCUT2D eigenvalue weighted by Gasteiger charge is 2.88. The fourth-order valence-corrected chi connectivity index (χ4v) is 6.44. The third kappa shape index (κ3) is 1.80. The van der Waals surface area contributed by atoms with E-state index < -0.39 is 11.2 Å². The molecule has 1 spiro atoms. The number of rotatable bonds is 4. The summed E-state index contributed by atoms with van der Waals surface area (Å²) in [5.74, 6) is 1.29. The van der Waals surface area contributed by atoms with Gasteiger partial charge in [-0.3, -0.25) is 0 Å². The van der Waals surface area contributed by atoms with Crippen molar-refractivity contribution in [2.45, 2.75) is 76.8 Å². The van der Waals surface area contributed by atoms with E-state index in [1.165, 1.54) is 5.57 Å². The number of ether oxygens (including phenoxy) is 3. The summed E-state index contributed by atoms with van der Waals surface area (Å²) in [6.45, 7) is 9.54. The first-order valence-corrected chi connectivity index (χ1v) is 10.2. The molecule has 7 atom stereocenters. The molecule has 5 nitrogen and oxygen atoms in total. The van der Waals surface area contributed by atoms with Crippen molar-refractivity contribution in [2.24, 2.45) is 23.2 Å². The summed E-state index contributed by atoms with van der Waals surface area (Å²) in [6, 6.07) is 0. The van der Waals surface area contributed by atoms with E-state index in [1.54, 1.807) is 0 Å². The van der Waals surface area contributed by atoms with Crippen LogP contribution in [0.25, 0.3) is 0 Å². The average Bonchev–Trinajstić information content (AvgIpc) is 3.47. The fraction of sp³-hybridized carbons (Fsp3) is 0.857. The number of hydrogen-bond donors (Lipinski definition) is 1. The Morgan fingerprint density at radius 2 is 2.04 bits per heavy atom. The summed E-state index contributed by atoms with van der Waals surface area (Å²) in [6.07, 6.45) is 3.68. The smallest absolute Gasteiger partial charge is 0.334 e. The van der Waals surface area contributed by atoms with E-state index in [4.69, 9.17) is 14.2 Å². The quantitative estimate of drug-likeness (QED) is 0.615. The van der Waals surface area contributed by atoms with Gasteiger partial charge in [0.05, 0.1) is 18.8 Å². The van der Waals surface area contributed by atoms with Gasteiger partial charge in [-0.1, -0.05) is 27.7 Å². The maximum atomic E-state index is 12.1. The second-order valence-electron chi connectivity index (χ2n) is 9.74. The van der Waals surface area contributed by atoms with Crippen molar-refractivity contribution < 1.29 is 24.1 Å². The molecule has 0 aromatic carbocycles. The molecule has 0 amide bonds. The lowest BCUT2D eigenvalue weighted by atomic mass is 9.50. The molecule has 0 aromatic rings. The van der Waals surface area contributed by atoms with Gasteiger partial charge in [-0.2, -0.15) is 0 Å². The minimum Gasteiger partial charge on any atom is -0.458 e. The maximum Gasteiger partial charge on any atom is 0.334 e. The molecule has 0 bridgehead atoms. The van der Waals surface area contributed by atoms with Crippen molar-refractivity contribution in [1.29, 1.82) is 0 Å². The van der Waals surface area contributed by atoms with Crippen molar-refractivity contribution >= 4 is 5.97 Å². The number of carbonyl (C=O) groups excluding carboxylic acids is 1. The predicted molar refractivity (Wildman–Crippen MR) is 94.3 cm³/mol. The Morgan fingerprint density at radius 3 is 2.73 bits per heavy atom. The summed E-state index contributed by atoms with van der Waals surface area (Å²) < 4.78 is 18.1. The lowest BCUT2D eigenvalue weighted by Gasteiger charge is -2.50. The lowest BCUT2D eigenvalue weighted by Crippen LogP contribution is -2.60. The normalized spacial score (nSPS) is 49.6. The SMILES string of the molecule is CC(C)C(C)CC1OC12C1(C)CCC3=C(COC3=O)C1CC1OC12CO. The van der Waals surface area contributed by atoms with Crippen LogP contribution < -0.4 is 0 Å². The van der Waals surface area contributed by atoms with Gasteiger partial charge in [0, 0.05) is 11.0 Å². The Balaban J connectivity index is 1.53. The fourth-order valence-electron chi connectivity index (χ4n) is 6.44. The van der Waals surface area contributed by atoms with E-state index in [0.29, 0.717) is 18.4 Å². The van der Waals surface area contributed by atoms with Crippen molar-refractivity contribution in [1.82, 2.24) is 0 Å². The molecule has 5 aliphatic rings. The Morgan fingerprint density at radius 1 is 1.27 bits per heavy atom. The first-order valence-electron chi connectivity index (χ1n) is 10.2. The summed E-state index contributed by atoms with van der Waals surface area (Å²) in [5.41, 5.74) is 0.997. The van der Waals surface area contributed by atoms with Crippen LogP contribution in [0.15, 0.2) is 11.1 Å². The zero-order chi connectivity index (χ0) is 18.5. The number of epoxide rings is 2. The van der Waals surface area contributed by atoms with Crippen LogP contribution in [0.4, 0.5) is 0 Å². The van der Waals surface area contributed by atoms with Crippen LogP contribution in [0.2, 0.25) is 0 Å². The third-order valence-corrected chi connectivity index (χ3v) is 8.50. The maximum absolute atomic E-state index is 12.1. The van der Waals surface area contributed by atoms with Crippen LogP contribution in [0.5, 0.6) is 0 Å². The molecule has 5 heteroatoms. The molecular weight excluding hydrogens is 332 g/mol. The van der Waals surface area contributed by atoms with Crippen molar-refractivity contribution in [2.75, 3.05) is 13.2 Å². The number of aliphatic hydroxyl groups is 1. The zero-order valence-corrected chi connectivity index (χ0v) is 16.2. The van der Waals surface area contributed by atoms with Crippen LogP contribution in [-0.2, 0) is 19.0 Å². The second kappa shape index (κ2) is 5.12.